The Morgan fingerprint density at radius 2 is 1.35 bits per heavy atom. The summed E-state index contributed by atoms with van der Waals surface area (Å²) in [5, 5.41) is 5.41. The Bertz CT molecular complexity index is 2000. The first-order chi connectivity index (χ1) is 16.9. The van der Waals surface area contributed by atoms with Crippen molar-refractivity contribution in [2.24, 2.45) is 0 Å². The average molecular weight is 448 g/mol. The third kappa shape index (κ3) is 1.88. The first-order valence-corrected chi connectivity index (χ1v) is 12.6. The minimum Gasteiger partial charge on any atom is -0.359 e. The van der Waals surface area contributed by atoms with Gasteiger partial charge in [0.2, 0.25) is 0 Å². The van der Waals surface area contributed by atoms with Crippen LogP contribution in [0.4, 0.5) is 11.4 Å². The van der Waals surface area contributed by atoms with E-state index < -0.39 is 0 Å². The second-order valence-electron chi connectivity index (χ2n) is 9.33. The lowest BCUT2D eigenvalue weighted by molar-refractivity contribution is 1.31. The number of rotatable bonds is 0. The molecule has 156 valence electrons. The topological polar surface area (TPSA) is 8.17 Å². The molecule has 4 heterocycles. The molecule has 2 aliphatic rings. The summed E-state index contributed by atoms with van der Waals surface area (Å²) in [5.74, 6) is 0. The van der Waals surface area contributed by atoms with E-state index in [1.807, 2.05) is 11.3 Å². The second kappa shape index (κ2) is 5.91. The van der Waals surface area contributed by atoms with Gasteiger partial charge in [0.1, 0.15) is 0 Å². The predicted molar refractivity (Wildman–Crippen MR) is 147 cm³/mol. The summed E-state index contributed by atoms with van der Waals surface area (Å²) < 4.78 is 5.33. The van der Waals surface area contributed by atoms with E-state index in [2.05, 4.69) is 112 Å². The van der Waals surface area contributed by atoms with Crippen molar-refractivity contribution in [3.05, 3.63) is 103 Å². The maximum atomic E-state index is 2.62. The van der Waals surface area contributed by atoms with Gasteiger partial charge in [-0.3, -0.25) is 0 Å². The Morgan fingerprint density at radius 3 is 2.29 bits per heavy atom. The van der Waals surface area contributed by atoms with Gasteiger partial charge in [0.05, 0.1) is 15.9 Å². The first-order valence-electron chi connectivity index (χ1n) is 11.7. The van der Waals surface area contributed by atoms with E-state index in [1.54, 1.807) is 0 Å². The number of aromatic nitrogens is 1. The smallest absolute Gasteiger partial charge is 0.359 e. The number of hydrogen-bond donors (Lipinski definition) is 0. The van der Waals surface area contributed by atoms with Crippen molar-refractivity contribution in [2.75, 3.05) is 4.81 Å². The fourth-order valence-corrected chi connectivity index (χ4v) is 7.66. The number of para-hydroxylation sites is 2. The lowest BCUT2D eigenvalue weighted by Crippen LogP contribution is -2.51. The fourth-order valence-electron chi connectivity index (χ4n) is 6.44. The normalized spacial score (nSPS) is 13.8. The Hall–Kier alpha value is -4.02. The molecule has 0 saturated heterocycles. The Kier molecular flexibility index (Phi) is 3.03. The molecule has 34 heavy (non-hydrogen) atoms. The minimum absolute atomic E-state index is 0.110. The van der Waals surface area contributed by atoms with Crippen molar-refractivity contribution in [1.29, 1.82) is 0 Å². The monoisotopic (exact) mass is 448 g/mol. The van der Waals surface area contributed by atoms with Crippen molar-refractivity contribution in [3.8, 4) is 11.1 Å². The van der Waals surface area contributed by atoms with Crippen molar-refractivity contribution < 1.29 is 0 Å². The molecule has 2 aromatic heterocycles. The Morgan fingerprint density at radius 1 is 0.618 bits per heavy atom. The van der Waals surface area contributed by atoms with Gasteiger partial charge >= 0.3 is 6.98 Å². The van der Waals surface area contributed by atoms with E-state index >= 15 is 0 Å². The van der Waals surface area contributed by atoms with Crippen LogP contribution in [0, 0.1) is 0 Å². The van der Waals surface area contributed by atoms with E-state index in [0.717, 1.165) is 0 Å². The third-order valence-corrected chi connectivity index (χ3v) is 8.93. The molecule has 0 unspecified atom stereocenters. The molecule has 2 nitrogen and oxygen atoms in total. The van der Waals surface area contributed by atoms with Gasteiger partial charge in [0.15, 0.2) is 0 Å². The van der Waals surface area contributed by atoms with Crippen LogP contribution < -0.4 is 10.3 Å². The van der Waals surface area contributed by atoms with Crippen LogP contribution in [-0.2, 0) is 0 Å². The van der Waals surface area contributed by atoms with Crippen LogP contribution in [0.1, 0.15) is 0 Å². The van der Waals surface area contributed by atoms with Crippen LogP contribution >= 0.6 is 11.3 Å². The molecule has 4 heteroatoms. The molecule has 0 atom stereocenters. The molecule has 0 bridgehead atoms. The fraction of sp³-hybridized carbons (Fsp3) is 0. The third-order valence-electron chi connectivity index (χ3n) is 7.73. The maximum Gasteiger partial charge on any atom is 0.421 e. The summed E-state index contributed by atoms with van der Waals surface area (Å²) in [6.45, 7) is 0.110. The van der Waals surface area contributed by atoms with Crippen LogP contribution in [0.3, 0.4) is 0 Å². The molecule has 2 aliphatic heterocycles. The quantitative estimate of drug-likeness (QED) is 0.218. The van der Waals surface area contributed by atoms with Crippen LogP contribution in [0.15, 0.2) is 103 Å². The standard InChI is InChI=1S/C30H17BN2S/c1-5-13-24-18(9-1)19-10-2-6-14-25(19)33-29-28-22(20-11-3-7-15-26(20)32(28)31(24)33)17-23-21-12-4-8-16-27(21)34-30(23)29/h1-17H. The van der Waals surface area contributed by atoms with Gasteiger partial charge < -0.3 is 9.29 Å². The van der Waals surface area contributed by atoms with Crippen molar-refractivity contribution >= 4 is 77.1 Å². The highest BCUT2D eigenvalue weighted by atomic mass is 32.1. The van der Waals surface area contributed by atoms with E-state index in [0.29, 0.717) is 0 Å². The molecular weight excluding hydrogens is 431 g/mol. The average Bonchev–Trinajstić information content (AvgIpc) is 3.55. The second-order valence-corrected chi connectivity index (χ2v) is 10.4. The minimum atomic E-state index is 0.110. The molecular formula is C30H17BN2S. The highest BCUT2D eigenvalue weighted by Crippen LogP contribution is 2.54. The van der Waals surface area contributed by atoms with Gasteiger partial charge in [-0.2, -0.15) is 0 Å². The number of thiophene rings is 1. The number of benzene rings is 5. The van der Waals surface area contributed by atoms with Crippen molar-refractivity contribution in [2.45, 2.75) is 0 Å². The van der Waals surface area contributed by atoms with Crippen LogP contribution in [0.5, 0.6) is 0 Å². The zero-order valence-electron chi connectivity index (χ0n) is 18.2. The Labute approximate surface area is 200 Å². The first kappa shape index (κ1) is 17.5. The number of hydrogen-bond acceptors (Lipinski definition) is 2. The lowest BCUT2D eigenvalue weighted by atomic mass is 9.60. The highest BCUT2D eigenvalue weighted by molar-refractivity contribution is 7.26. The molecule has 5 aromatic carbocycles. The van der Waals surface area contributed by atoms with Gasteiger partial charge in [-0.25, -0.2) is 0 Å². The SMILES string of the molecule is c1ccc2c(c1)B1N(c3ccccc3-2)c2c3sc4ccccc4c3cc3c4ccccc4n1c23. The molecule has 0 radical (unpaired) electrons. The molecule has 7 aromatic rings. The summed E-state index contributed by atoms with van der Waals surface area (Å²) in [6.07, 6.45) is 0. The predicted octanol–water partition coefficient (Wildman–Crippen LogP) is 7.54. The van der Waals surface area contributed by atoms with Gasteiger partial charge in [-0.1, -0.05) is 78.9 Å². The summed E-state index contributed by atoms with van der Waals surface area (Å²) >= 11 is 1.93. The lowest BCUT2D eigenvalue weighted by Gasteiger charge is -2.34. The van der Waals surface area contributed by atoms with Crippen molar-refractivity contribution in [1.82, 2.24) is 4.48 Å². The van der Waals surface area contributed by atoms with Crippen LogP contribution in [0.2, 0.25) is 0 Å². The van der Waals surface area contributed by atoms with Crippen LogP contribution in [-0.4, -0.2) is 11.5 Å². The number of fused-ring (bicyclic) bond motifs is 15. The van der Waals surface area contributed by atoms with E-state index in [1.165, 1.54) is 69.9 Å². The molecule has 0 N–H and O–H groups in total. The van der Waals surface area contributed by atoms with Crippen LogP contribution in [0.25, 0.3) is 53.1 Å². The summed E-state index contributed by atoms with van der Waals surface area (Å²) in [4.78, 5) is 2.62. The van der Waals surface area contributed by atoms with Gasteiger partial charge in [-0.15, -0.1) is 11.3 Å². The Balaban J connectivity index is 1.56. The molecule has 0 saturated carbocycles. The zero-order valence-corrected chi connectivity index (χ0v) is 19.0. The summed E-state index contributed by atoms with van der Waals surface area (Å²) in [7, 11) is 0. The van der Waals surface area contributed by atoms with Crippen molar-refractivity contribution in [3.63, 3.8) is 0 Å². The van der Waals surface area contributed by atoms with Gasteiger partial charge in [-0.05, 0) is 35.3 Å². The summed E-state index contributed by atoms with van der Waals surface area (Å²) in [6, 6.07) is 38.1. The molecule has 0 aliphatic carbocycles. The zero-order chi connectivity index (χ0) is 22.0. The maximum absolute atomic E-state index is 2.62. The van der Waals surface area contributed by atoms with E-state index in [-0.39, 0.29) is 6.98 Å². The number of anilines is 2. The molecule has 0 amide bonds. The highest BCUT2D eigenvalue weighted by Gasteiger charge is 2.45. The van der Waals surface area contributed by atoms with Gasteiger partial charge in [0.25, 0.3) is 0 Å². The largest absolute Gasteiger partial charge is 0.421 e. The van der Waals surface area contributed by atoms with E-state index in [9.17, 15) is 0 Å². The van der Waals surface area contributed by atoms with Gasteiger partial charge in [0, 0.05) is 43.0 Å². The number of nitrogens with zero attached hydrogens (tertiary/aromatic N) is 2. The molecule has 0 spiro atoms. The van der Waals surface area contributed by atoms with E-state index in [4.69, 9.17) is 0 Å². The summed E-state index contributed by atoms with van der Waals surface area (Å²) in [5.41, 5.74) is 9.34. The molecule has 0 fully saturated rings. The molecule has 9 rings (SSSR count).